The van der Waals surface area contributed by atoms with Gasteiger partial charge in [0.25, 0.3) is 0 Å². The standard InChI is InChI=1S/3Al.4Ti.9H. The van der Waals surface area contributed by atoms with Gasteiger partial charge in [-0.2, -0.15) is 0 Å². The molecule has 0 bridgehead atoms. The van der Waals surface area contributed by atoms with Gasteiger partial charge >= 0.3 is 0 Å². The van der Waals surface area contributed by atoms with Crippen LogP contribution in [-0.4, -0.2) is 52.1 Å². The SMILES string of the molecule is [AlH3].[AlH3].[AlH3].[Ti].[Ti].[Ti].[Ti]. The van der Waals surface area contributed by atoms with E-state index in [-0.39, 0.29) is 139 Å². The minimum atomic E-state index is 0. The van der Waals surface area contributed by atoms with E-state index in [0.717, 1.165) is 0 Å². The average Bonchev–Trinajstić information content (AvgIpc) is 0. The summed E-state index contributed by atoms with van der Waals surface area (Å²) in [5.74, 6) is 0. The Kier molecular flexibility index (Phi) is 424. The molecule has 0 unspecified atom stereocenters. The molecule has 0 rings (SSSR count). The van der Waals surface area contributed by atoms with E-state index in [4.69, 9.17) is 0 Å². The first kappa shape index (κ1) is 63.1. The molecule has 0 radical (unpaired) electrons. The maximum atomic E-state index is 0. The van der Waals surface area contributed by atoms with Gasteiger partial charge in [0, 0.05) is 86.9 Å². The molecule has 0 aromatic heterocycles. The van der Waals surface area contributed by atoms with E-state index in [9.17, 15) is 0 Å². The summed E-state index contributed by atoms with van der Waals surface area (Å²) in [5, 5.41) is 0. The first-order valence-corrected chi connectivity index (χ1v) is 0. The molecule has 0 atom stereocenters. The summed E-state index contributed by atoms with van der Waals surface area (Å²) in [6.45, 7) is 0. The summed E-state index contributed by atoms with van der Waals surface area (Å²) < 4.78 is 0. The van der Waals surface area contributed by atoms with Crippen LogP contribution in [0.1, 0.15) is 0 Å². The van der Waals surface area contributed by atoms with Crippen LogP contribution >= 0.6 is 0 Å². The van der Waals surface area contributed by atoms with Gasteiger partial charge in [-0.15, -0.1) is 0 Å². The summed E-state index contributed by atoms with van der Waals surface area (Å²) in [4.78, 5) is 0. The fourth-order valence-corrected chi connectivity index (χ4v) is 0. The first-order chi connectivity index (χ1) is 0. The van der Waals surface area contributed by atoms with Crippen molar-refractivity contribution in [2.24, 2.45) is 0 Å². The first-order valence-electron chi connectivity index (χ1n) is 0. The molecule has 0 aliphatic heterocycles. The van der Waals surface area contributed by atoms with Gasteiger partial charge in [-0.05, 0) is 0 Å². The predicted molar refractivity (Wildman–Crippen MR) is 29.8 cm³/mol. The van der Waals surface area contributed by atoms with E-state index in [1.165, 1.54) is 0 Å². The molecule has 0 amide bonds. The molecule has 0 aromatic rings. The van der Waals surface area contributed by atoms with Crippen molar-refractivity contribution in [1.82, 2.24) is 0 Å². The Morgan fingerprint density at radius 2 is 0.286 bits per heavy atom. The smallest absolute Gasteiger partial charge is 0 e. The zero-order valence-electron chi connectivity index (χ0n) is 2.00. The van der Waals surface area contributed by atoms with Gasteiger partial charge in [0.1, 0.15) is 0 Å². The van der Waals surface area contributed by atoms with Crippen molar-refractivity contribution in [2.75, 3.05) is 0 Å². The molecule has 0 spiro atoms. The summed E-state index contributed by atoms with van der Waals surface area (Å²) >= 11 is 0. The Labute approximate surface area is 136 Å². The van der Waals surface area contributed by atoms with Crippen molar-refractivity contribution in [3.8, 4) is 0 Å². The van der Waals surface area contributed by atoms with E-state index in [0.29, 0.717) is 0 Å². The van der Waals surface area contributed by atoms with Crippen LogP contribution in [0.4, 0.5) is 0 Å². The van der Waals surface area contributed by atoms with Crippen LogP contribution in [0.5, 0.6) is 0 Å². The van der Waals surface area contributed by atoms with Crippen LogP contribution in [0.25, 0.3) is 0 Å². The van der Waals surface area contributed by atoms with Crippen molar-refractivity contribution in [3.05, 3.63) is 0 Å². The van der Waals surface area contributed by atoms with E-state index >= 15 is 0 Å². The molecule has 0 N–H and O–H groups in total. The zero-order chi connectivity index (χ0) is 0. The van der Waals surface area contributed by atoms with E-state index < -0.39 is 0 Å². The minimum Gasteiger partial charge on any atom is 0 e. The Hall–Kier alpha value is 4.45. The monoisotopic (exact) mass is 282 g/mol. The van der Waals surface area contributed by atoms with Crippen molar-refractivity contribution < 1.29 is 86.9 Å². The quantitative estimate of drug-likeness (QED) is 0.403. The van der Waals surface area contributed by atoms with Gasteiger partial charge in [0.2, 0.25) is 0 Å². The molecule has 7 heteroatoms. The van der Waals surface area contributed by atoms with Crippen molar-refractivity contribution in [1.29, 1.82) is 0 Å². The Bertz CT molecular complexity index is 6.90. The summed E-state index contributed by atoms with van der Waals surface area (Å²) in [6, 6.07) is 0. The molecule has 0 saturated carbocycles. The van der Waals surface area contributed by atoms with Crippen LogP contribution in [0.3, 0.4) is 0 Å². The van der Waals surface area contributed by atoms with Gasteiger partial charge in [0.15, 0.2) is 52.1 Å². The van der Waals surface area contributed by atoms with Gasteiger partial charge < -0.3 is 0 Å². The molecular weight excluding hydrogens is 272 g/mol. The maximum absolute atomic E-state index is 0. The molecule has 0 aromatic carbocycles. The Morgan fingerprint density at radius 1 is 0.286 bits per heavy atom. The normalized spacial score (nSPS) is 0. The third-order valence-corrected chi connectivity index (χ3v) is 0. The predicted octanol–water partition coefficient (Wildman–Crippen LogP) is -3.56. The van der Waals surface area contributed by atoms with Crippen LogP contribution in [0.2, 0.25) is 0 Å². The van der Waals surface area contributed by atoms with Gasteiger partial charge in [-0.3, -0.25) is 0 Å². The second kappa shape index (κ2) is 47.1. The second-order valence-corrected chi connectivity index (χ2v) is 0. The molecular formula is H9Al3Ti4. The maximum Gasteiger partial charge on any atom is 0.187 e. The molecule has 0 aliphatic carbocycles. The Balaban J connectivity index is 0. The number of rotatable bonds is 0. The van der Waals surface area contributed by atoms with Crippen molar-refractivity contribution >= 4 is 52.1 Å². The minimum absolute atomic E-state index is 0. The van der Waals surface area contributed by atoms with E-state index in [2.05, 4.69) is 0 Å². The van der Waals surface area contributed by atoms with Gasteiger partial charge in [0.05, 0.1) is 0 Å². The van der Waals surface area contributed by atoms with E-state index in [1.807, 2.05) is 0 Å². The van der Waals surface area contributed by atoms with Gasteiger partial charge in [-0.25, -0.2) is 0 Å². The van der Waals surface area contributed by atoms with Crippen LogP contribution in [0.15, 0.2) is 0 Å². The molecule has 7 heavy (non-hydrogen) atoms. The van der Waals surface area contributed by atoms with Crippen LogP contribution < -0.4 is 0 Å². The van der Waals surface area contributed by atoms with Crippen LogP contribution in [-0.2, 0) is 86.9 Å². The van der Waals surface area contributed by atoms with Crippen molar-refractivity contribution in [3.63, 3.8) is 0 Å². The molecule has 0 heterocycles. The Morgan fingerprint density at radius 3 is 0.286 bits per heavy atom. The molecule has 0 fully saturated rings. The fraction of sp³-hybridized carbons (Fsp3) is 0. The molecule has 0 nitrogen and oxygen atoms in total. The van der Waals surface area contributed by atoms with Crippen molar-refractivity contribution in [2.45, 2.75) is 0 Å². The third-order valence-electron chi connectivity index (χ3n) is 0. The fourth-order valence-electron chi connectivity index (χ4n) is 0. The number of hydrogen-bond acceptors (Lipinski definition) is 0. The average molecular weight is 281 g/mol. The van der Waals surface area contributed by atoms with Crippen LogP contribution in [0, 0.1) is 0 Å². The summed E-state index contributed by atoms with van der Waals surface area (Å²) in [6.07, 6.45) is 0. The summed E-state index contributed by atoms with van der Waals surface area (Å²) in [5.41, 5.74) is 0. The van der Waals surface area contributed by atoms with E-state index in [1.54, 1.807) is 0 Å². The third kappa shape index (κ3) is 37.7. The zero-order valence-corrected chi connectivity index (χ0v) is 8.25. The topological polar surface area (TPSA) is 0 Å². The largest absolute Gasteiger partial charge is 0.187 e. The second-order valence-electron chi connectivity index (χ2n) is 0. The molecule has 34 valence electrons. The number of hydrogen-bond donors (Lipinski definition) is 0. The molecule has 0 aliphatic rings. The van der Waals surface area contributed by atoms with Gasteiger partial charge in [-0.1, -0.05) is 0 Å². The molecule has 0 saturated heterocycles. The summed E-state index contributed by atoms with van der Waals surface area (Å²) in [7, 11) is 0.